The molecule has 91 valence electrons. The van der Waals surface area contributed by atoms with E-state index in [4.69, 9.17) is 9.47 Å². The van der Waals surface area contributed by atoms with Crippen LogP contribution in [-0.2, 0) is 36.1 Å². The first-order valence-corrected chi connectivity index (χ1v) is 4.36. The molecule has 0 amide bonds. The second-order valence-corrected chi connectivity index (χ2v) is 3.20. The van der Waals surface area contributed by atoms with Gasteiger partial charge in [0.15, 0.2) is 6.29 Å². The molecule has 0 saturated heterocycles. The molecule has 0 aromatic rings. The van der Waals surface area contributed by atoms with Crippen molar-refractivity contribution in [2.75, 3.05) is 6.61 Å². The van der Waals surface area contributed by atoms with Crippen molar-refractivity contribution in [3.8, 4) is 0 Å². The average Bonchev–Trinajstić information content (AvgIpc) is 1.98. The molecule has 0 heterocycles. The summed E-state index contributed by atoms with van der Waals surface area (Å²) < 4.78 is 9.89. The molecule has 0 N–H and O–H groups in total. The van der Waals surface area contributed by atoms with Crippen LogP contribution in [0.15, 0.2) is 12.2 Å². The summed E-state index contributed by atoms with van der Waals surface area (Å²) in [6, 6.07) is 0. The number of ketones is 1. The van der Waals surface area contributed by atoms with Gasteiger partial charge in [-0.2, -0.15) is 0 Å². The van der Waals surface area contributed by atoms with E-state index in [2.05, 4.69) is 6.58 Å². The Bertz CT molecular complexity index is 238. The molecule has 4 nitrogen and oxygen atoms in total. The topological polar surface area (TPSA) is 52.6 Å². The monoisotopic (exact) mass is 263 g/mol. The first-order valence-electron chi connectivity index (χ1n) is 4.36. The van der Waals surface area contributed by atoms with E-state index in [9.17, 15) is 9.59 Å². The van der Waals surface area contributed by atoms with Crippen LogP contribution in [0.5, 0.6) is 0 Å². The van der Waals surface area contributed by atoms with Gasteiger partial charge in [-0.3, -0.25) is 9.59 Å². The second kappa shape index (κ2) is 8.65. The van der Waals surface area contributed by atoms with E-state index in [1.807, 2.05) is 6.92 Å². The van der Waals surface area contributed by atoms with Gasteiger partial charge in [0.05, 0.1) is 6.61 Å². The van der Waals surface area contributed by atoms with Crippen LogP contribution in [-0.4, -0.2) is 24.6 Å². The van der Waals surface area contributed by atoms with E-state index in [0.29, 0.717) is 6.61 Å². The van der Waals surface area contributed by atoms with Gasteiger partial charge >= 0.3 is 5.97 Å². The summed E-state index contributed by atoms with van der Waals surface area (Å²) in [7, 11) is 0. The number of carbonyl (C=O) groups is 2. The van der Waals surface area contributed by atoms with Crippen molar-refractivity contribution in [1.82, 2.24) is 0 Å². The van der Waals surface area contributed by atoms with Gasteiger partial charge in [-0.1, -0.05) is 12.2 Å². The molecule has 1 radical (unpaired) electrons. The van der Waals surface area contributed by atoms with Crippen LogP contribution in [0.3, 0.4) is 0 Å². The summed E-state index contributed by atoms with van der Waals surface area (Å²) in [4.78, 5) is 21.5. The number of hydrogen-bond acceptors (Lipinski definition) is 4. The Morgan fingerprint density at radius 1 is 1.33 bits per heavy atom. The molecule has 0 saturated carbocycles. The third-order valence-electron chi connectivity index (χ3n) is 1.26. The number of ether oxygens (including phenoxy) is 2. The van der Waals surface area contributed by atoms with Gasteiger partial charge in [0.2, 0.25) is 0 Å². The van der Waals surface area contributed by atoms with E-state index in [1.165, 1.54) is 6.92 Å². The summed E-state index contributed by atoms with van der Waals surface area (Å²) in [5, 5.41) is 0. The third-order valence-corrected chi connectivity index (χ3v) is 1.26. The molecule has 0 aliphatic rings. The van der Waals surface area contributed by atoms with Gasteiger partial charge in [0.25, 0.3) is 0 Å². The summed E-state index contributed by atoms with van der Waals surface area (Å²) in [6.07, 6.45) is -0.848. The van der Waals surface area contributed by atoms with Gasteiger partial charge in [-0.15, -0.1) is 0 Å². The van der Waals surface area contributed by atoms with Crippen molar-refractivity contribution in [2.24, 2.45) is 0 Å². The van der Waals surface area contributed by atoms with E-state index in [0.717, 1.165) is 5.57 Å². The molecule has 0 fully saturated rings. The predicted octanol–water partition coefficient (Wildman–Crippen LogP) is 1.44. The van der Waals surface area contributed by atoms with Crippen molar-refractivity contribution in [2.45, 2.75) is 33.5 Å². The van der Waals surface area contributed by atoms with Gasteiger partial charge in [-0.25, -0.2) is 0 Å². The Labute approximate surface area is 100 Å². The normalized spacial score (nSPS) is 11.1. The van der Waals surface area contributed by atoms with Crippen LogP contribution in [0.25, 0.3) is 0 Å². The van der Waals surface area contributed by atoms with Crippen LogP contribution in [0.2, 0.25) is 0 Å². The molecule has 15 heavy (non-hydrogen) atoms. The van der Waals surface area contributed by atoms with Crippen LogP contribution in [0.1, 0.15) is 27.2 Å². The fraction of sp³-hybridized carbons (Fsp3) is 0.600. The molecule has 1 atom stereocenters. The summed E-state index contributed by atoms with van der Waals surface area (Å²) in [6.45, 7) is 8.72. The summed E-state index contributed by atoms with van der Waals surface area (Å²) >= 11 is 0. The molecule has 0 aliphatic heterocycles. The molecule has 0 aromatic carbocycles. The van der Waals surface area contributed by atoms with Crippen molar-refractivity contribution in [1.29, 1.82) is 0 Å². The Hall–Kier alpha value is -0.641. The zero-order valence-electron chi connectivity index (χ0n) is 9.13. The average molecular weight is 264 g/mol. The maximum atomic E-state index is 11.0. The molecular weight excluding hydrogens is 248 g/mol. The number of hydrogen-bond donors (Lipinski definition) is 0. The standard InChI is InChI=1S/C10H16O4.Cu/c1-7(2)6-13-9(4)14-10(12)5-8(3)11;/h9H,1,5-6H2,2-4H3;. The van der Waals surface area contributed by atoms with Crippen LogP contribution in [0, 0.1) is 0 Å². The fourth-order valence-electron chi connectivity index (χ4n) is 0.724. The molecule has 0 spiro atoms. The molecule has 1 unspecified atom stereocenters. The number of Topliss-reactive ketones (excluding diaryl/α,β-unsaturated/α-hetero) is 1. The zero-order valence-corrected chi connectivity index (χ0v) is 10.1. The zero-order chi connectivity index (χ0) is 11.1. The summed E-state index contributed by atoms with van der Waals surface area (Å²) in [5.41, 5.74) is 0.847. The minimum Gasteiger partial charge on any atom is -0.436 e. The van der Waals surface area contributed by atoms with Crippen molar-refractivity contribution in [3.05, 3.63) is 12.2 Å². The van der Waals surface area contributed by atoms with Gasteiger partial charge < -0.3 is 9.47 Å². The van der Waals surface area contributed by atoms with Gasteiger partial charge in [-0.05, 0) is 20.8 Å². The molecule has 0 bridgehead atoms. The quantitative estimate of drug-likeness (QED) is 0.239. The Kier molecular flexibility index (Phi) is 9.68. The SMILES string of the molecule is C=C(C)COC(C)OC(=O)CC(C)=O.[Cu]. The maximum absolute atomic E-state index is 11.0. The molecule has 0 aromatic heterocycles. The number of esters is 1. The summed E-state index contributed by atoms with van der Waals surface area (Å²) in [5.74, 6) is -0.784. The molecule has 0 aliphatic carbocycles. The first kappa shape index (κ1) is 16.8. The molecular formula is C10H16CuO4. The van der Waals surface area contributed by atoms with Crippen molar-refractivity contribution in [3.63, 3.8) is 0 Å². The Balaban J connectivity index is 0. The fourth-order valence-corrected chi connectivity index (χ4v) is 0.724. The molecule has 0 rings (SSSR count). The Morgan fingerprint density at radius 2 is 1.87 bits per heavy atom. The van der Waals surface area contributed by atoms with Crippen LogP contribution >= 0.6 is 0 Å². The Morgan fingerprint density at radius 3 is 2.27 bits per heavy atom. The maximum Gasteiger partial charge on any atom is 0.315 e. The smallest absolute Gasteiger partial charge is 0.315 e. The van der Waals surface area contributed by atoms with E-state index in [1.54, 1.807) is 6.92 Å². The van der Waals surface area contributed by atoms with E-state index < -0.39 is 12.3 Å². The van der Waals surface area contributed by atoms with E-state index >= 15 is 0 Å². The van der Waals surface area contributed by atoms with Crippen molar-refractivity contribution < 1.29 is 36.1 Å². The first-order chi connectivity index (χ1) is 6.41. The number of carbonyl (C=O) groups excluding carboxylic acids is 2. The van der Waals surface area contributed by atoms with Gasteiger partial charge in [0, 0.05) is 17.1 Å². The number of rotatable bonds is 6. The predicted molar refractivity (Wildman–Crippen MR) is 51.6 cm³/mol. The van der Waals surface area contributed by atoms with Crippen LogP contribution < -0.4 is 0 Å². The third kappa shape index (κ3) is 11.3. The van der Waals surface area contributed by atoms with E-state index in [-0.39, 0.29) is 29.3 Å². The minimum absolute atomic E-state index is 0. The van der Waals surface area contributed by atoms with Crippen LogP contribution in [0.4, 0.5) is 0 Å². The second-order valence-electron chi connectivity index (χ2n) is 3.20. The minimum atomic E-state index is -0.640. The molecule has 5 heteroatoms. The van der Waals surface area contributed by atoms with Gasteiger partial charge in [0.1, 0.15) is 12.2 Å². The largest absolute Gasteiger partial charge is 0.436 e. The van der Waals surface area contributed by atoms with Crippen molar-refractivity contribution >= 4 is 11.8 Å².